The fourth-order valence-electron chi connectivity index (χ4n) is 2.45. The first kappa shape index (κ1) is 16.3. The van der Waals surface area contributed by atoms with E-state index in [1.807, 2.05) is 0 Å². The molecule has 1 saturated heterocycles. The first-order valence-electron chi connectivity index (χ1n) is 6.42. The minimum Gasteiger partial charge on any atom is -0.399 e. The van der Waals surface area contributed by atoms with Crippen LogP contribution in [-0.4, -0.2) is 49.2 Å². The summed E-state index contributed by atoms with van der Waals surface area (Å²) in [4.78, 5) is 13.9. The highest BCUT2D eigenvalue weighted by molar-refractivity contribution is 9.10. The van der Waals surface area contributed by atoms with E-state index in [9.17, 15) is 13.2 Å². The van der Waals surface area contributed by atoms with Gasteiger partial charge in [0.15, 0.2) is 0 Å². The molecule has 116 valence electrons. The Kier molecular flexibility index (Phi) is 4.07. The van der Waals surface area contributed by atoms with Crippen molar-refractivity contribution >= 4 is 37.5 Å². The number of nitrogens with two attached hydrogens (primary N) is 1. The second kappa shape index (κ2) is 5.26. The number of halogens is 1. The molecule has 6 nitrogen and oxygen atoms in total. The van der Waals surface area contributed by atoms with Gasteiger partial charge in [-0.15, -0.1) is 0 Å². The maximum atomic E-state index is 12.9. The first-order chi connectivity index (χ1) is 9.58. The third-order valence-corrected chi connectivity index (χ3v) is 6.72. The van der Waals surface area contributed by atoms with Gasteiger partial charge < -0.3 is 10.6 Å². The van der Waals surface area contributed by atoms with Gasteiger partial charge >= 0.3 is 0 Å². The Morgan fingerprint density at radius 3 is 2.52 bits per heavy atom. The molecule has 1 heterocycles. The Bertz CT molecular complexity index is 688. The highest BCUT2D eigenvalue weighted by Crippen LogP contribution is 2.33. The number of nitrogen functional groups attached to an aromatic ring is 1. The third-order valence-electron chi connectivity index (χ3n) is 3.66. The summed E-state index contributed by atoms with van der Waals surface area (Å²) in [5.74, 6) is -0.225. The average Bonchev–Trinajstić information content (AvgIpc) is 2.38. The maximum absolute atomic E-state index is 12.9. The van der Waals surface area contributed by atoms with Gasteiger partial charge in [0.05, 0.1) is 4.90 Å². The van der Waals surface area contributed by atoms with E-state index in [4.69, 9.17) is 5.73 Å². The molecule has 1 aliphatic heterocycles. The Labute approximate surface area is 133 Å². The first-order valence-corrected chi connectivity index (χ1v) is 8.65. The number of carbonyl (C=O) groups excluding carboxylic acids is 1. The number of piperazine rings is 1. The largest absolute Gasteiger partial charge is 0.399 e. The lowest BCUT2D eigenvalue weighted by Gasteiger charge is -2.43. The van der Waals surface area contributed by atoms with Gasteiger partial charge in [0, 0.05) is 30.3 Å². The van der Waals surface area contributed by atoms with Crippen molar-refractivity contribution in [2.75, 3.05) is 25.9 Å². The van der Waals surface area contributed by atoms with Crippen LogP contribution in [-0.2, 0) is 14.8 Å². The smallest absolute Gasteiger partial charge is 0.245 e. The van der Waals surface area contributed by atoms with Crippen LogP contribution >= 0.6 is 15.9 Å². The molecule has 0 unspecified atom stereocenters. The van der Waals surface area contributed by atoms with Crippen LogP contribution in [0.5, 0.6) is 0 Å². The summed E-state index contributed by atoms with van der Waals surface area (Å²) in [7, 11) is -2.15. The van der Waals surface area contributed by atoms with Gasteiger partial charge in [-0.25, -0.2) is 8.42 Å². The Morgan fingerprint density at radius 1 is 1.29 bits per heavy atom. The molecule has 1 aromatic rings. The summed E-state index contributed by atoms with van der Waals surface area (Å²) in [5, 5.41) is 0. The predicted octanol–water partition coefficient (Wildman–Crippen LogP) is 1.27. The fraction of sp³-hybridized carbons (Fsp3) is 0.462. The number of nitrogens with zero attached hydrogens (tertiary/aromatic N) is 2. The molecule has 0 radical (unpaired) electrons. The third kappa shape index (κ3) is 2.67. The molecule has 1 fully saturated rings. The summed E-state index contributed by atoms with van der Waals surface area (Å²) < 4.78 is 27.5. The zero-order valence-corrected chi connectivity index (χ0v) is 14.5. The van der Waals surface area contributed by atoms with Crippen LogP contribution < -0.4 is 5.73 Å². The fourth-order valence-corrected chi connectivity index (χ4v) is 5.15. The Hall–Kier alpha value is -1.12. The molecule has 1 amide bonds. The van der Waals surface area contributed by atoms with Crippen LogP contribution in [0.3, 0.4) is 0 Å². The van der Waals surface area contributed by atoms with Crippen molar-refractivity contribution in [1.82, 2.24) is 9.21 Å². The maximum Gasteiger partial charge on any atom is 0.245 e. The van der Waals surface area contributed by atoms with Crippen LogP contribution in [0.2, 0.25) is 0 Å². The van der Waals surface area contributed by atoms with Crippen molar-refractivity contribution in [1.29, 1.82) is 0 Å². The Balaban J connectivity index is 2.54. The Morgan fingerprint density at radius 2 is 1.90 bits per heavy atom. The van der Waals surface area contributed by atoms with Gasteiger partial charge in [0.2, 0.25) is 15.9 Å². The number of carbonyl (C=O) groups is 1. The second-order valence-electron chi connectivity index (χ2n) is 5.55. The lowest BCUT2D eigenvalue weighted by molar-refractivity contribution is -0.142. The summed E-state index contributed by atoms with van der Waals surface area (Å²) in [6.45, 7) is 3.84. The topological polar surface area (TPSA) is 83.7 Å². The summed E-state index contributed by atoms with van der Waals surface area (Å²) in [6.07, 6.45) is 0. The average molecular weight is 376 g/mol. The normalized spacial score (nSPS) is 19.8. The number of hydrogen-bond acceptors (Lipinski definition) is 4. The highest BCUT2D eigenvalue weighted by Gasteiger charge is 2.47. The SMILES string of the molecule is CN1CCN(S(=O)(=O)c2cc(N)ccc2Br)C(C)(C)C1=O. The van der Waals surface area contributed by atoms with Crippen LogP contribution in [0.1, 0.15) is 13.8 Å². The zero-order chi connectivity index (χ0) is 16.0. The van der Waals surface area contributed by atoms with E-state index in [2.05, 4.69) is 15.9 Å². The molecule has 0 aliphatic carbocycles. The highest BCUT2D eigenvalue weighted by atomic mass is 79.9. The van der Waals surface area contributed by atoms with E-state index in [-0.39, 0.29) is 17.3 Å². The van der Waals surface area contributed by atoms with E-state index in [1.165, 1.54) is 10.4 Å². The van der Waals surface area contributed by atoms with Crippen molar-refractivity contribution in [3.8, 4) is 0 Å². The second-order valence-corrected chi connectivity index (χ2v) is 8.24. The molecule has 21 heavy (non-hydrogen) atoms. The van der Waals surface area contributed by atoms with Crippen LogP contribution in [0, 0.1) is 0 Å². The molecule has 0 aromatic heterocycles. The van der Waals surface area contributed by atoms with Gasteiger partial charge in [-0.2, -0.15) is 4.31 Å². The minimum absolute atomic E-state index is 0.0768. The van der Waals surface area contributed by atoms with Crippen LogP contribution in [0.15, 0.2) is 27.6 Å². The molecule has 0 bridgehead atoms. The van der Waals surface area contributed by atoms with Gasteiger partial charge in [0.1, 0.15) is 5.54 Å². The van der Waals surface area contributed by atoms with Crippen LogP contribution in [0.4, 0.5) is 5.69 Å². The molecule has 1 aliphatic rings. The molecular formula is C13H18BrN3O3S. The lowest BCUT2D eigenvalue weighted by atomic mass is 10.0. The van der Waals surface area contributed by atoms with Gasteiger partial charge in [0.25, 0.3) is 0 Å². The summed E-state index contributed by atoms with van der Waals surface area (Å²) in [5.41, 5.74) is 4.92. The molecule has 0 saturated carbocycles. The standard InChI is InChI=1S/C13H18BrN3O3S/c1-13(2)12(18)16(3)6-7-17(13)21(19,20)11-8-9(15)4-5-10(11)14/h4-5,8H,6-7,15H2,1-3H3. The monoisotopic (exact) mass is 375 g/mol. The van der Waals surface area contributed by atoms with E-state index in [1.54, 1.807) is 37.9 Å². The quantitative estimate of drug-likeness (QED) is 0.788. The minimum atomic E-state index is -3.82. The molecule has 8 heteroatoms. The number of rotatable bonds is 2. The molecule has 1 aromatic carbocycles. The molecule has 2 rings (SSSR count). The lowest BCUT2D eigenvalue weighted by Crippen LogP contribution is -2.63. The van der Waals surface area contributed by atoms with E-state index in [0.29, 0.717) is 16.7 Å². The number of benzene rings is 1. The molecule has 0 spiro atoms. The number of likely N-dealkylation sites (N-methyl/N-ethyl adjacent to an activating group) is 1. The van der Waals surface area contributed by atoms with Gasteiger partial charge in [-0.1, -0.05) is 0 Å². The van der Waals surface area contributed by atoms with Crippen molar-refractivity contribution in [3.05, 3.63) is 22.7 Å². The van der Waals surface area contributed by atoms with Crippen molar-refractivity contribution in [3.63, 3.8) is 0 Å². The van der Waals surface area contributed by atoms with Crippen LogP contribution in [0.25, 0.3) is 0 Å². The van der Waals surface area contributed by atoms with E-state index >= 15 is 0 Å². The predicted molar refractivity (Wildman–Crippen MR) is 84.2 cm³/mol. The number of amides is 1. The van der Waals surface area contributed by atoms with Crippen molar-refractivity contribution in [2.45, 2.75) is 24.3 Å². The van der Waals surface area contributed by atoms with E-state index < -0.39 is 15.6 Å². The zero-order valence-electron chi connectivity index (χ0n) is 12.1. The van der Waals surface area contributed by atoms with Crippen molar-refractivity contribution < 1.29 is 13.2 Å². The van der Waals surface area contributed by atoms with Crippen molar-refractivity contribution in [2.24, 2.45) is 0 Å². The number of sulfonamides is 1. The number of hydrogen-bond donors (Lipinski definition) is 1. The summed E-state index contributed by atoms with van der Waals surface area (Å²) >= 11 is 3.24. The molecule has 2 N–H and O–H groups in total. The molecule has 0 atom stereocenters. The van der Waals surface area contributed by atoms with Gasteiger partial charge in [-0.05, 0) is 48.0 Å². The number of anilines is 1. The summed E-state index contributed by atoms with van der Waals surface area (Å²) in [6, 6.07) is 4.61. The van der Waals surface area contributed by atoms with Gasteiger partial charge in [-0.3, -0.25) is 4.79 Å². The molecular weight excluding hydrogens is 358 g/mol. The van der Waals surface area contributed by atoms with E-state index in [0.717, 1.165) is 0 Å².